The van der Waals surface area contributed by atoms with Gasteiger partial charge in [-0.15, -0.1) is 0 Å². The second-order valence-corrected chi connectivity index (χ2v) is 3.76. The Morgan fingerprint density at radius 3 is 2.32 bits per heavy atom. The van der Waals surface area contributed by atoms with Crippen LogP contribution in [0.4, 0.5) is 0 Å². The molecule has 0 saturated heterocycles. The minimum absolute atomic E-state index is 0.123. The van der Waals surface area contributed by atoms with Crippen molar-refractivity contribution in [2.45, 2.75) is 20.0 Å². The van der Waals surface area contributed by atoms with Gasteiger partial charge in [-0.2, -0.15) is 0 Å². The molecule has 0 saturated carbocycles. The Kier molecular flexibility index (Phi) is 5.20. The third kappa shape index (κ3) is 3.62. The van der Waals surface area contributed by atoms with Crippen LogP contribution in [0.15, 0.2) is 30.3 Å². The van der Waals surface area contributed by atoms with Gasteiger partial charge in [-0.3, -0.25) is 14.5 Å². The summed E-state index contributed by atoms with van der Waals surface area (Å²) in [5, 5.41) is 0. The van der Waals surface area contributed by atoms with E-state index in [4.69, 9.17) is 10.5 Å². The Morgan fingerprint density at radius 2 is 1.84 bits per heavy atom. The molecule has 6 nitrogen and oxygen atoms in total. The summed E-state index contributed by atoms with van der Waals surface area (Å²) in [5.74, 6) is -2.06. The molecule has 102 valence electrons. The zero-order valence-corrected chi connectivity index (χ0v) is 10.8. The van der Waals surface area contributed by atoms with Crippen molar-refractivity contribution in [2.24, 2.45) is 5.73 Å². The summed E-state index contributed by atoms with van der Waals surface area (Å²) < 4.78 is 4.71. The molecule has 0 aliphatic carbocycles. The number of benzene rings is 1. The number of ether oxygens (including phenoxy) is 1. The molecule has 1 atom stereocenters. The number of imide groups is 1. The molecule has 0 radical (unpaired) electrons. The van der Waals surface area contributed by atoms with E-state index in [9.17, 15) is 14.4 Å². The van der Waals surface area contributed by atoms with Gasteiger partial charge in [0.2, 0.25) is 5.91 Å². The number of esters is 1. The highest BCUT2D eigenvalue weighted by Gasteiger charge is 2.31. The van der Waals surface area contributed by atoms with Crippen LogP contribution in [0.3, 0.4) is 0 Å². The molecule has 1 aromatic carbocycles. The smallest absolute Gasteiger partial charge is 0.344 e. The van der Waals surface area contributed by atoms with Crippen molar-refractivity contribution >= 4 is 17.8 Å². The molecule has 2 N–H and O–H groups in total. The molecule has 0 fully saturated rings. The van der Waals surface area contributed by atoms with Crippen LogP contribution >= 0.6 is 0 Å². The van der Waals surface area contributed by atoms with Crippen molar-refractivity contribution in [3.63, 3.8) is 0 Å². The molecule has 1 aromatic rings. The predicted molar refractivity (Wildman–Crippen MR) is 67.9 cm³/mol. The fourth-order valence-electron chi connectivity index (χ4n) is 1.52. The molecule has 19 heavy (non-hydrogen) atoms. The number of rotatable bonds is 4. The summed E-state index contributed by atoms with van der Waals surface area (Å²) in [6.07, 6.45) is -1.44. The molecule has 1 rings (SSSR count). The zero-order chi connectivity index (χ0) is 14.4. The summed E-state index contributed by atoms with van der Waals surface area (Å²) in [6, 6.07) is 8.12. The number of nitrogens with zero attached hydrogens (tertiary/aromatic N) is 1. The van der Waals surface area contributed by atoms with E-state index in [2.05, 4.69) is 0 Å². The zero-order valence-electron chi connectivity index (χ0n) is 10.8. The van der Waals surface area contributed by atoms with Crippen LogP contribution in [-0.2, 0) is 14.3 Å². The lowest BCUT2D eigenvalue weighted by atomic mass is 10.2. The van der Waals surface area contributed by atoms with Gasteiger partial charge in [0.15, 0.2) is 6.17 Å². The molecule has 0 aromatic heterocycles. The highest BCUT2D eigenvalue weighted by Crippen LogP contribution is 2.08. The van der Waals surface area contributed by atoms with Crippen LogP contribution in [0, 0.1) is 0 Å². The maximum absolute atomic E-state index is 12.2. The van der Waals surface area contributed by atoms with E-state index in [1.165, 1.54) is 19.1 Å². The average molecular weight is 264 g/mol. The molecule has 0 aliphatic heterocycles. The lowest BCUT2D eigenvalue weighted by Gasteiger charge is -2.24. The van der Waals surface area contributed by atoms with E-state index in [-0.39, 0.29) is 12.2 Å². The number of hydrogen-bond acceptors (Lipinski definition) is 5. The molecule has 1 unspecified atom stereocenters. The summed E-state index contributed by atoms with van der Waals surface area (Å²) in [7, 11) is 0. The minimum Gasteiger partial charge on any atom is -0.463 e. The van der Waals surface area contributed by atoms with Crippen molar-refractivity contribution in [3.05, 3.63) is 35.9 Å². The van der Waals surface area contributed by atoms with Gasteiger partial charge in [-0.05, 0) is 19.1 Å². The molecule has 0 aliphatic rings. The molecule has 2 amide bonds. The van der Waals surface area contributed by atoms with Crippen LogP contribution < -0.4 is 5.73 Å². The van der Waals surface area contributed by atoms with Gasteiger partial charge in [0.1, 0.15) is 0 Å². The van der Waals surface area contributed by atoms with Gasteiger partial charge in [0.25, 0.3) is 5.91 Å². The second-order valence-electron chi connectivity index (χ2n) is 3.76. The Morgan fingerprint density at radius 1 is 1.26 bits per heavy atom. The van der Waals surface area contributed by atoms with Crippen molar-refractivity contribution in [1.82, 2.24) is 4.90 Å². The van der Waals surface area contributed by atoms with E-state index in [1.807, 2.05) is 0 Å². The number of hydrogen-bond donors (Lipinski definition) is 1. The molecule has 0 spiro atoms. The third-order valence-electron chi connectivity index (χ3n) is 2.39. The van der Waals surface area contributed by atoms with Crippen LogP contribution in [-0.4, -0.2) is 35.5 Å². The van der Waals surface area contributed by atoms with Gasteiger partial charge >= 0.3 is 5.97 Å². The van der Waals surface area contributed by atoms with Gasteiger partial charge in [-0.1, -0.05) is 18.2 Å². The Bertz CT molecular complexity index is 473. The summed E-state index contributed by atoms with van der Waals surface area (Å²) in [5.41, 5.74) is 5.87. The summed E-state index contributed by atoms with van der Waals surface area (Å²) in [6.45, 7) is 2.90. The average Bonchev–Trinajstić information content (AvgIpc) is 2.39. The highest BCUT2D eigenvalue weighted by molar-refractivity contribution is 6.06. The second kappa shape index (κ2) is 6.65. The van der Waals surface area contributed by atoms with Crippen molar-refractivity contribution in [2.75, 3.05) is 6.61 Å². The quantitative estimate of drug-likeness (QED) is 0.632. The SMILES string of the molecule is CCOC(=O)C(N)N(C(C)=O)C(=O)c1ccccc1. The van der Waals surface area contributed by atoms with Crippen molar-refractivity contribution in [3.8, 4) is 0 Å². The third-order valence-corrected chi connectivity index (χ3v) is 2.39. The van der Waals surface area contributed by atoms with E-state index < -0.39 is 23.9 Å². The van der Waals surface area contributed by atoms with E-state index >= 15 is 0 Å². The lowest BCUT2D eigenvalue weighted by Crippen LogP contribution is -2.53. The van der Waals surface area contributed by atoms with Crippen molar-refractivity contribution < 1.29 is 19.1 Å². The minimum atomic E-state index is -1.44. The number of carbonyl (C=O) groups is 3. The first-order valence-corrected chi connectivity index (χ1v) is 5.80. The highest BCUT2D eigenvalue weighted by atomic mass is 16.5. The first-order chi connectivity index (χ1) is 8.99. The standard InChI is InChI=1S/C13H16N2O4/c1-3-19-13(18)11(14)15(9(2)16)12(17)10-7-5-4-6-8-10/h4-8,11H,3,14H2,1-2H3. The van der Waals surface area contributed by atoms with Crippen molar-refractivity contribution in [1.29, 1.82) is 0 Å². The normalized spacial score (nSPS) is 11.5. The van der Waals surface area contributed by atoms with Gasteiger partial charge < -0.3 is 10.5 Å². The first-order valence-electron chi connectivity index (χ1n) is 5.80. The molecular formula is C13H16N2O4. The van der Waals surface area contributed by atoms with Gasteiger partial charge in [0.05, 0.1) is 6.61 Å². The summed E-state index contributed by atoms with van der Waals surface area (Å²) in [4.78, 5) is 35.9. The van der Waals surface area contributed by atoms with Gasteiger partial charge in [0, 0.05) is 12.5 Å². The maximum Gasteiger partial charge on any atom is 0.344 e. The Hall–Kier alpha value is -2.21. The fourth-order valence-corrected chi connectivity index (χ4v) is 1.52. The lowest BCUT2D eigenvalue weighted by molar-refractivity contribution is -0.152. The molecule has 0 bridgehead atoms. The van der Waals surface area contributed by atoms with E-state index in [1.54, 1.807) is 25.1 Å². The fraction of sp³-hybridized carbons (Fsp3) is 0.308. The van der Waals surface area contributed by atoms with Gasteiger partial charge in [-0.25, -0.2) is 4.79 Å². The number of carbonyl (C=O) groups excluding carboxylic acids is 3. The molecular weight excluding hydrogens is 248 g/mol. The maximum atomic E-state index is 12.2. The van der Waals surface area contributed by atoms with E-state index in [0.29, 0.717) is 4.90 Å². The topological polar surface area (TPSA) is 89.7 Å². The monoisotopic (exact) mass is 264 g/mol. The first kappa shape index (κ1) is 14.8. The van der Waals surface area contributed by atoms with Crippen LogP contribution in [0.2, 0.25) is 0 Å². The Balaban J connectivity index is 2.98. The largest absolute Gasteiger partial charge is 0.463 e. The van der Waals surface area contributed by atoms with Crippen LogP contribution in [0.25, 0.3) is 0 Å². The van der Waals surface area contributed by atoms with Crippen LogP contribution in [0.1, 0.15) is 24.2 Å². The summed E-state index contributed by atoms with van der Waals surface area (Å²) >= 11 is 0. The molecule has 6 heteroatoms. The van der Waals surface area contributed by atoms with Crippen LogP contribution in [0.5, 0.6) is 0 Å². The number of nitrogens with two attached hydrogens (primary N) is 1. The Labute approximate surface area is 111 Å². The van der Waals surface area contributed by atoms with E-state index in [0.717, 1.165) is 0 Å². The molecule has 0 heterocycles. The number of amides is 2. The predicted octanol–water partition coefficient (Wildman–Crippen LogP) is 0.523.